The number of likely N-dealkylation sites (N-methyl/N-ethyl adjacent to an activating group) is 1. The first-order chi connectivity index (χ1) is 9.11. The van der Waals surface area contributed by atoms with Gasteiger partial charge >= 0.3 is 0 Å². The summed E-state index contributed by atoms with van der Waals surface area (Å²) >= 11 is 12.3. The normalized spacial score (nSPS) is 19.3. The smallest absolute Gasteiger partial charge is 0.149 e. The number of hydrogen-bond acceptors (Lipinski definition) is 4. The Morgan fingerprint density at radius 3 is 2.84 bits per heavy atom. The van der Waals surface area contributed by atoms with Gasteiger partial charge in [-0.25, -0.2) is 4.98 Å². The Bertz CT molecular complexity index is 436. The summed E-state index contributed by atoms with van der Waals surface area (Å²) in [6.07, 6.45) is 3.73. The number of rotatable bonds is 4. The zero-order chi connectivity index (χ0) is 13.8. The number of nitrogens with one attached hydrogen (secondary N) is 1. The number of ether oxygens (including phenoxy) is 1. The third-order valence-corrected chi connectivity index (χ3v) is 3.83. The van der Waals surface area contributed by atoms with E-state index in [0.29, 0.717) is 15.9 Å². The minimum absolute atomic E-state index is 0.255. The second-order valence-electron chi connectivity index (χ2n) is 4.74. The number of hydrogen-bond donors (Lipinski definition) is 1. The van der Waals surface area contributed by atoms with Crippen LogP contribution >= 0.6 is 23.2 Å². The maximum absolute atomic E-state index is 6.21. The molecular weight excluding hydrogens is 285 g/mol. The summed E-state index contributed by atoms with van der Waals surface area (Å²) < 4.78 is 5.74. The van der Waals surface area contributed by atoms with E-state index in [4.69, 9.17) is 27.9 Å². The molecular formula is C13H19Cl2N3O. The van der Waals surface area contributed by atoms with E-state index in [9.17, 15) is 0 Å². The SMILES string of the molecule is CNc1nc(N(C)CC2CCCCO2)c(Cl)cc1Cl. The number of halogens is 2. The van der Waals surface area contributed by atoms with Crippen LogP contribution in [0.25, 0.3) is 0 Å². The molecule has 106 valence electrons. The Hall–Kier alpha value is -0.710. The molecule has 2 heterocycles. The van der Waals surface area contributed by atoms with E-state index >= 15 is 0 Å². The summed E-state index contributed by atoms with van der Waals surface area (Å²) in [6.45, 7) is 1.64. The number of pyridine rings is 1. The standard InChI is InChI=1S/C13H19Cl2N3O/c1-16-12-10(14)7-11(15)13(17-12)18(2)8-9-5-3-4-6-19-9/h7,9H,3-6,8H2,1-2H3,(H,16,17). The fourth-order valence-corrected chi connectivity index (χ4v) is 2.84. The summed E-state index contributed by atoms with van der Waals surface area (Å²) in [7, 11) is 3.76. The van der Waals surface area contributed by atoms with Gasteiger partial charge in [0.25, 0.3) is 0 Å². The Morgan fingerprint density at radius 2 is 2.21 bits per heavy atom. The van der Waals surface area contributed by atoms with Crippen molar-refractivity contribution in [2.24, 2.45) is 0 Å². The largest absolute Gasteiger partial charge is 0.376 e. The molecule has 0 aliphatic carbocycles. The van der Waals surface area contributed by atoms with Gasteiger partial charge in [0.15, 0.2) is 0 Å². The van der Waals surface area contributed by atoms with Gasteiger partial charge in [-0.1, -0.05) is 23.2 Å². The molecule has 1 fully saturated rings. The number of nitrogens with zero attached hydrogens (tertiary/aromatic N) is 2. The van der Waals surface area contributed by atoms with Crippen LogP contribution in [0.2, 0.25) is 10.0 Å². The van der Waals surface area contributed by atoms with Crippen LogP contribution in [0.5, 0.6) is 0 Å². The highest BCUT2D eigenvalue weighted by Gasteiger charge is 2.19. The van der Waals surface area contributed by atoms with E-state index < -0.39 is 0 Å². The lowest BCUT2D eigenvalue weighted by molar-refractivity contribution is 0.0215. The van der Waals surface area contributed by atoms with E-state index in [0.717, 1.165) is 31.8 Å². The maximum atomic E-state index is 6.21. The minimum Gasteiger partial charge on any atom is -0.376 e. The molecule has 1 N–H and O–H groups in total. The highest BCUT2D eigenvalue weighted by molar-refractivity contribution is 6.37. The molecule has 1 atom stereocenters. The molecule has 0 amide bonds. The summed E-state index contributed by atoms with van der Waals surface area (Å²) in [5, 5.41) is 4.05. The minimum atomic E-state index is 0.255. The van der Waals surface area contributed by atoms with Crippen LogP contribution < -0.4 is 10.2 Å². The van der Waals surface area contributed by atoms with Crippen molar-refractivity contribution in [1.82, 2.24) is 4.98 Å². The van der Waals surface area contributed by atoms with Crippen LogP contribution in [-0.2, 0) is 4.74 Å². The number of anilines is 2. The molecule has 6 heteroatoms. The van der Waals surface area contributed by atoms with Crippen molar-refractivity contribution >= 4 is 34.8 Å². The van der Waals surface area contributed by atoms with Crippen molar-refractivity contribution in [3.05, 3.63) is 16.1 Å². The van der Waals surface area contributed by atoms with E-state index in [1.165, 1.54) is 6.42 Å². The van der Waals surface area contributed by atoms with Crippen molar-refractivity contribution in [2.45, 2.75) is 25.4 Å². The Labute approximate surface area is 124 Å². The lowest BCUT2D eigenvalue weighted by Crippen LogP contribution is -2.34. The molecule has 0 bridgehead atoms. The summed E-state index contributed by atoms with van der Waals surface area (Å²) in [4.78, 5) is 6.47. The van der Waals surface area contributed by atoms with Crippen molar-refractivity contribution in [3.8, 4) is 0 Å². The lowest BCUT2D eigenvalue weighted by Gasteiger charge is -2.28. The Morgan fingerprint density at radius 1 is 1.42 bits per heavy atom. The first kappa shape index (κ1) is 14.7. The summed E-state index contributed by atoms with van der Waals surface area (Å²) in [5.74, 6) is 1.36. The average molecular weight is 304 g/mol. The molecule has 1 saturated heterocycles. The van der Waals surface area contributed by atoms with Gasteiger partial charge in [0.2, 0.25) is 0 Å². The molecule has 0 aromatic carbocycles. The van der Waals surface area contributed by atoms with Crippen molar-refractivity contribution < 1.29 is 4.74 Å². The third kappa shape index (κ3) is 3.65. The van der Waals surface area contributed by atoms with Gasteiger partial charge in [0.1, 0.15) is 11.6 Å². The van der Waals surface area contributed by atoms with Gasteiger partial charge in [-0.2, -0.15) is 0 Å². The van der Waals surface area contributed by atoms with Crippen LogP contribution in [0.4, 0.5) is 11.6 Å². The molecule has 0 spiro atoms. The van der Waals surface area contributed by atoms with Gasteiger partial charge in [0.05, 0.1) is 16.1 Å². The predicted molar refractivity (Wildman–Crippen MR) is 80.7 cm³/mol. The van der Waals surface area contributed by atoms with Gasteiger partial charge in [0, 0.05) is 27.2 Å². The Balaban J connectivity index is 2.11. The van der Waals surface area contributed by atoms with Gasteiger partial charge in [-0.05, 0) is 25.3 Å². The topological polar surface area (TPSA) is 37.4 Å². The predicted octanol–water partition coefficient (Wildman–Crippen LogP) is 3.44. The highest BCUT2D eigenvalue weighted by atomic mass is 35.5. The fourth-order valence-electron chi connectivity index (χ4n) is 2.24. The van der Waals surface area contributed by atoms with Gasteiger partial charge in [-0.3, -0.25) is 0 Å². The van der Waals surface area contributed by atoms with Gasteiger partial charge < -0.3 is 15.0 Å². The zero-order valence-corrected chi connectivity index (χ0v) is 12.8. The maximum Gasteiger partial charge on any atom is 0.149 e. The second-order valence-corrected chi connectivity index (χ2v) is 5.56. The molecule has 1 unspecified atom stereocenters. The fraction of sp³-hybridized carbons (Fsp3) is 0.615. The van der Waals surface area contributed by atoms with E-state index in [-0.39, 0.29) is 6.10 Å². The Kier molecular flexibility index (Phi) is 5.13. The molecule has 1 aliphatic heterocycles. The van der Waals surface area contributed by atoms with Crippen molar-refractivity contribution in [1.29, 1.82) is 0 Å². The first-order valence-electron chi connectivity index (χ1n) is 6.48. The van der Waals surface area contributed by atoms with Gasteiger partial charge in [-0.15, -0.1) is 0 Å². The van der Waals surface area contributed by atoms with E-state index in [1.807, 2.05) is 11.9 Å². The van der Waals surface area contributed by atoms with Crippen LogP contribution in [0, 0.1) is 0 Å². The molecule has 2 rings (SSSR count). The van der Waals surface area contributed by atoms with E-state index in [1.54, 1.807) is 13.1 Å². The third-order valence-electron chi connectivity index (χ3n) is 3.26. The van der Waals surface area contributed by atoms with Crippen LogP contribution in [0.3, 0.4) is 0 Å². The second kappa shape index (κ2) is 6.64. The summed E-state index contributed by atoms with van der Waals surface area (Å²) in [6, 6.07) is 1.72. The highest BCUT2D eigenvalue weighted by Crippen LogP contribution is 2.31. The molecule has 1 aromatic heterocycles. The van der Waals surface area contributed by atoms with E-state index in [2.05, 4.69) is 10.3 Å². The lowest BCUT2D eigenvalue weighted by atomic mass is 10.1. The van der Waals surface area contributed by atoms with Crippen molar-refractivity contribution in [3.63, 3.8) is 0 Å². The quantitative estimate of drug-likeness (QED) is 0.924. The molecule has 0 radical (unpaired) electrons. The number of aromatic nitrogens is 1. The molecule has 19 heavy (non-hydrogen) atoms. The molecule has 4 nitrogen and oxygen atoms in total. The van der Waals surface area contributed by atoms with Crippen LogP contribution in [-0.4, -0.2) is 38.3 Å². The first-order valence-corrected chi connectivity index (χ1v) is 7.24. The monoisotopic (exact) mass is 303 g/mol. The van der Waals surface area contributed by atoms with Crippen LogP contribution in [0.15, 0.2) is 6.07 Å². The molecule has 0 saturated carbocycles. The van der Waals surface area contributed by atoms with Crippen molar-refractivity contribution in [2.75, 3.05) is 37.5 Å². The average Bonchev–Trinajstić information content (AvgIpc) is 2.40. The molecule has 1 aromatic rings. The zero-order valence-electron chi connectivity index (χ0n) is 11.2. The summed E-state index contributed by atoms with van der Waals surface area (Å²) in [5.41, 5.74) is 0. The molecule has 1 aliphatic rings. The van der Waals surface area contributed by atoms with Crippen LogP contribution in [0.1, 0.15) is 19.3 Å².